The normalized spacial score (nSPS) is 12.1. The molecular weight excluding hydrogens is 268 g/mol. The van der Waals surface area contributed by atoms with Crippen LogP contribution in [-0.4, -0.2) is 33.4 Å². The number of hydrogen-bond donors (Lipinski definition) is 1. The summed E-state index contributed by atoms with van der Waals surface area (Å²) in [7, 11) is 0. The second-order valence-corrected chi connectivity index (χ2v) is 4.90. The van der Waals surface area contributed by atoms with Gasteiger partial charge in [-0.1, -0.05) is 31.2 Å². The summed E-state index contributed by atoms with van der Waals surface area (Å²) in [4.78, 5) is 29.1. The average Bonchev–Trinajstić information content (AvgIpc) is 2.46. The number of aromatic nitrogens is 1. The average molecular weight is 286 g/mol. The number of amides is 1. The van der Waals surface area contributed by atoms with Gasteiger partial charge in [-0.2, -0.15) is 0 Å². The molecule has 0 fully saturated rings. The highest BCUT2D eigenvalue weighted by molar-refractivity contribution is 5.91. The van der Waals surface area contributed by atoms with E-state index in [1.165, 1.54) is 18.0 Å². The van der Waals surface area contributed by atoms with Crippen LogP contribution < -0.4 is 0 Å². The molecule has 0 aliphatic heterocycles. The Balaban J connectivity index is 2.60. The smallest absolute Gasteiger partial charge is 0.331 e. The van der Waals surface area contributed by atoms with Gasteiger partial charge in [0.2, 0.25) is 5.91 Å². The lowest BCUT2D eigenvalue weighted by Crippen LogP contribution is -2.38. The number of aliphatic carboxylic acids is 1. The van der Waals surface area contributed by atoms with Gasteiger partial charge in [0.25, 0.3) is 0 Å². The van der Waals surface area contributed by atoms with E-state index < -0.39 is 12.0 Å². The van der Waals surface area contributed by atoms with Gasteiger partial charge in [-0.15, -0.1) is 0 Å². The highest BCUT2D eigenvalue weighted by atomic mass is 16.4. The van der Waals surface area contributed by atoms with Gasteiger partial charge in [-0.3, -0.25) is 9.78 Å². The quantitative estimate of drug-likeness (QED) is 0.917. The molecule has 0 aliphatic carbocycles. The maximum absolute atomic E-state index is 11.8. The van der Waals surface area contributed by atoms with E-state index in [1.54, 1.807) is 6.20 Å². The lowest BCUT2D eigenvalue weighted by molar-refractivity contribution is -0.149. The van der Waals surface area contributed by atoms with Crippen LogP contribution in [-0.2, 0) is 9.59 Å². The van der Waals surface area contributed by atoms with Crippen LogP contribution >= 0.6 is 0 Å². The molecule has 0 aliphatic rings. The molecule has 0 bridgehead atoms. The van der Waals surface area contributed by atoms with E-state index in [9.17, 15) is 14.7 Å². The third-order valence-electron chi connectivity index (χ3n) is 3.41. The first-order valence-corrected chi connectivity index (χ1v) is 6.89. The fourth-order valence-corrected chi connectivity index (χ4v) is 2.50. The molecule has 1 unspecified atom stereocenters. The van der Waals surface area contributed by atoms with Crippen molar-refractivity contribution >= 4 is 22.6 Å². The van der Waals surface area contributed by atoms with Crippen molar-refractivity contribution in [1.82, 2.24) is 9.88 Å². The van der Waals surface area contributed by atoms with E-state index >= 15 is 0 Å². The molecule has 1 atom stereocenters. The van der Waals surface area contributed by atoms with Crippen molar-refractivity contribution in [1.29, 1.82) is 0 Å². The molecule has 2 rings (SSSR count). The number of pyridine rings is 1. The summed E-state index contributed by atoms with van der Waals surface area (Å²) in [5, 5.41) is 11.3. The van der Waals surface area contributed by atoms with Gasteiger partial charge in [0.05, 0.1) is 0 Å². The topological polar surface area (TPSA) is 70.5 Å². The Kier molecular flexibility index (Phi) is 4.52. The fraction of sp³-hybridized carbons (Fsp3) is 0.312. The molecule has 5 heteroatoms. The second-order valence-electron chi connectivity index (χ2n) is 4.90. The number of carbonyl (C=O) groups is 2. The van der Waals surface area contributed by atoms with Crippen LogP contribution in [0.3, 0.4) is 0 Å². The van der Waals surface area contributed by atoms with E-state index in [-0.39, 0.29) is 5.91 Å². The standard InChI is InChI=1S/C16H18N2O3/c1-3-8-18(11(2)19)15(16(20)21)14-10-17-9-12-6-4-5-7-13(12)14/h4-7,9-10,15H,3,8H2,1-2H3,(H,20,21). The fourth-order valence-electron chi connectivity index (χ4n) is 2.50. The number of carbonyl (C=O) groups excluding carboxylic acids is 1. The summed E-state index contributed by atoms with van der Waals surface area (Å²) in [5.74, 6) is -1.30. The Labute approximate surface area is 123 Å². The molecule has 21 heavy (non-hydrogen) atoms. The maximum atomic E-state index is 11.8. The predicted molar refractivity (Wildman–Crippen MR) is 79.8 cm³/mol. The van der Waals surface area contributed by atoms with Crippen LogP contribution in [0.1, 0.15) is 31.9 Å². The van der Waals surface area contributed by atoms with Crippen molar-refractivity contribution in [3.05, 3.63) is 42.2 Å². The Bertz CT molecular complexity index is 664. The Morgan fingerprint density at radius 1 is 1.29 bits per heavy atom. The number of carboxylic acid groups (broad SMARTS) is 1. The van der Waals surface area contributed by atoms with Crippen molar-refractivity contribution < 1.29 is 14.7 Å². The van der Waals surface area contributed by atoms with E-state index in [0.717, 1.165) is 10.8 Å². The van der Waals surface area contributed by atoms with Gasteiger partial charge in [-0.05, 0) is 11.8 Å². The maximum Gasteiger partial charge on any atom is 0.331 e. The number of hydrogen-bond acceptors (Lipinski definition) is 3. The van der Waals surface area contributed by atoms with Crippen LogP contribution in [0, 0.1) is 0 Å². The molecule has 1 amide bonds. The predicted octanol–water partition coefficient (Wildman–Crippen LogP) is 2.62. The highest BCUT2D eigenvalue weighted by Gasteiger charge is 2.30. The van der Waals surface area contributed by atoms with Crippen LogP contribution in [0.15, 0.2) is 36.7 Å². The lowest BCUT2D eigenvalue weighted by Gasteiger charge is -2.28. The molecule has 0 spiro atoms. The molecule has 1 N–H and O–H groups in total. The summed E-state index contributed by atoms with van der Waals surface area (Å²) in [5.41, 5.74) is 0.546. The zero-order valence-corrected chi connectivity index (χ0v) is 12.1. The number of rotatable bonds is 5. The molecule has 1 aromatic carbocycles. The van der Waals surface area contributed by atoms with Crippen molar-refractivity contribution in [3.63, 3.8) is 0 Å². The molecule has 0 saturated heterocycles. The van der Waals surface area contributed by atoms with E-state index in [1.807, 2.05) is 31.2 Å². The van der Waals surface area contributed by atoms with E-state index in [2.05, 4.69) is 4.98 Å². The van der Waals surface area contributed by atoms with Crippen molar-refractivity contribution in [2.75, 3.05) is 6.54 Å². The third-order valence-corrected chi connectivity index (χ3v) is 3.41. The molecule has 1 aromatic heterocycles. The molecule has 2 aromatic rings. The zero-order valence-electron chi connectivity index (χ0n) is 12.1. The van der Waals surface area contributed by atoms with Gasteiger partial charge >= 0.3 is 5.97 Å². The number of fused-ring (bicyclic) bond motifs is 1. The SMILES string of the molecule is CCCN(C(C)=O)C(C(=O)O)c1cncc2ccccc12. The van der Waals surface area contributed by atoms with Gasteiger partial charge in [0, 0.05) is 36.8 Å². The van der Waals surface area contributed by atoms with Crippen LogP contribution in [0.2, 0.25) is 0 Å². The van der Waals surface area contributed by atoms with Gasteiger partial charge < -0.3 is 10.0 Å². The zero-order chi connectivity index (χ0) is 15.4. The summed E-state index contributed by atoms with van der Waals surface area (Å²) in [6.45, 7) is 3.70. The lowest BCUT2D eigenvalue weighted by atomic mass is 10.00. The van der Waals surface area contributed by atoms with Crippen LogP contribution in [0.4, 0.5) is 0 Å². The number of benzene rings is 1. The summed E-state index contributed by atoms with van der Waals surface area (Å²) < 4.78 is 0. The first-order chi connectivity index (χ1) is 10.1. The van der Waals surface area contributed by atoms with E-state index in [0.29, 0.717) is 18.5 Å². The molecule has 1 heterocycles. The highest BCUT2D eigenvalue weighted by Crippen LogP contribution is 2.28. The van der Waals surface area contributed by atoms with Crippen molar-refractivity contribution in [2.24, 2.45) is 0 Å². The van der Waals surface area contributed by atoms with E-state index in [4.69, 9.17) is 0 Å². The van der Waals surface area contributed by atoms with Crippen molar-refractivity contribution in [3.8, 4) is 0 Å². The largest absolute Gasteiger partial charge is 0.479 e. The molecule has 110 valence electrons. The summed E-state index contributed by atoms with van der Waals surface area (Å²) in [6, 6.07) is 6.44. The van der Waals surface area contributed by atoms with Crippen LogP contribution in [0.5, 0.6) is 0 Å². The Morgan fingerprint density at radius 3 is 2.62 bits per heavy atom. The van der Waals surface area contributed by atoms with Gasteiger partial charge in [0.15, 0.2) is 6.04 Å². The molecule has 0 radical (unpaired) electrons. The second kappa shape index (κ2) is 6.35. The van der Waals surface area contributed by atoms with Crippen LogP contribution in [0.25, 0.3) is 10.8 Å². The first-order valence-electron chi connectivity index (χ1n) is 6.89. The monoisotopic (exact) mass is 286 g/mol. The third kappa shape index (κ3) is 3.02. The number of nitrogens with zero attached hydrogens (tertiary/aromatic N) is 2. The summed E-state index contributed by atoms with van der Waals surface area (Å²) >= 11 is 0. The van der Waals surface area contributed by atoms with Crippen molar-refractivity contribution in [2.45, 2.75) is 26.3 Å². The number of carboxylic acids is 1. The Morgan fingerprint density at radius 2 is 2.00 bits per heavy atom. The van der Waals surface area contributed by atoms with Gasteiger partial charge in [0.1, 0.15) is 0 Å². The first kappa shape index (κ1) is 15.0. The van der Waals surface area contributed by atoms with Gasteiger partial charge in [-0.25, -0.2) is 4.79 Å². The molecule has 5 nitrogen and oxygen atoms in total. The Hall–Kier alpha value is -2.43. The molecule has 0 saturated carbocycles. The minimum Gasteiger partial charge on any atom is -0.479 e. The minimum atomic E-state index is -1.04. The minimum absolute atomic E-state index is 0.253. The summed E-state index contributed by atoms with van der Waals surface area (Å²) in [6.07, 6.45) is 3.92. The molecular formula is C16H18N2O3.